The highest BCUT2D eigenvalue weighted by Gasteiger charge is 2.28. The molecular weight excluding hydrogens is 286 g/mol. The summed E-state index contributed by atoms with van der Waals surface area (Å²) in [4.78, 5) is 9.93. The zero-order chi connectivity index (χ0) is 15.6. The van der Waals surface area contributed by atoms with Crippen molar-refractivity contribution >= 4 is 11.1 Å². The third kappa shape index (κ3) is 3.29. The Morgan fingerprint density at radius 3 is 2.61 bits per heavy atom. The van der Waals surface area contributed by atoms with E-state index in [0.29, 0.717) is 5.92 Å². The van der Waals surface area contributed by atoms with Gasteiger partial charge in [0, 0.05) is 19.0 Å². The minimum atomic E-state index is 0.495. The molecule has 1 aromatic carbocycles. The third-order valence-corrected chi connectivity index (χ3v) is 5.58. The van der Waals surface area contributed by atoms with Gasteiger partial charge >= 0.3 is 0 Å². The summed E-state index contributed by atoms with van der Waals surface area (Å²) in [5.41, 5.74) is 1.92. The molecule has 0 N–H and O–H groups in total. The van der Waals surface area contributed by atoms with Crippen LogP contribution in [0, 0.1) is 5.92 Å². The number of benzene rings is 1. The predicted molar refractivity (Wildman–Crippen MR) is 92.6 cm³/mol. The molecule has 124 valence electrons. The van der Waals surface area contributed by atoms with Crippen LogP contribution < -0.4 is 0 Å². The lowest BCUT2D eigenvalue weighted by Gasteiger charge is -2.32. The van der Waals surface area contributed by atoms with E-state index >= 15 is 0 Å². The van der Waals surface area contributed by atoms with Crippen LogP contribution in [0.5, 0.6) is 0 Å². The van der Waals surface area contributed by atoms with Gasteiger partial charge in [-0.3, -0.25) is 0 Å². The molecule has 0 radical (unpaired) electrons. The van der Waals surface area contributed by atoms with E-state index in [1.54, 1.807) is 0 Å². The molecule has 2 aromatic rings. The standard InChI is InChI=1S/C19H27N3O/c1-2-21-10-7-15(13-21)14-22-11-8-16(9-12-22)19-20-17-5-3-4-6-18(17)23-19/h3-6,15-16H,2,7-14H2,1H3. The van der Waals surface area contributed by atoms with Crippen molar-refractivity contribution in [2.75, 3.05) is 39.3 Å². The number of hydrogen-bond donors (Lipinski definition) is 0. The van der Waals surface area contributed by atoms with E-state index in [9.17, 15) is 0 Å². The van der Waals surface area contributed by atoms with Gasteiger partial charge in [0.1, 0.15) is 5.52 Å². The summed E-state index contributed by atoms with van der Waals surface area (Å²) in [6.07, 6.45) is 3.73. The Labute approximate surface area is 138 Å². The predicted octanol–water partition coefficient (Wildman–Crippen LogP) is 3.35. The number of piperidine rings is 1. The van der Waals surface area contributed by atoms with Crippen molar-refractivity contribution in [2.24, 2.45) is 5.92 Å². The van der Waals surface area contributed by atoms with Crippen molar-refractivity contribution in [1.29, 1.82) is 0 Å². The first-order chi connectivity index (χ1) is 11.3. The first kappa shape index (κ1) is 15.2. The normalized spacial score (nSPS) is 24.7. The summed E-state index contributed by atoms with van der Waals surface area (Å²) < 4.78 is 5.97. The molecule has 0 saturated carbocycles. The van der Waals surface area contributed by atoms with Crippen molar-refractivity contribution in [3.05, 3.63) is 30.2 Å². The van der Waals surface area contributed by atoms with Crippen molar-refractivity contribution in [1.82, 2.24) is 14.8 Å². The van der Waals surface area contributed by atoms with Gasteiger partial charge in [0.25, 0.3) is 0 Å². The quantitative estimate of drug-likeness (QED) is 0.866. The van der Waals surface area contributed by atoms with Gasteiger partial charge in [0.05, 0.1) is 0 Å². The van der Waals surface area contributed by atoms with E-state index in [4.69, 9.17) is 9.40 Å². The Bertz CT molecular complexity index is 612. The fraction of sp³-hybridized carbons (Fsp3) is 0.632. The van der Waals surface area contributed by atoms with Crippen molar-refractivity contribution in [3.63, 3.8) is 0 Å². The Hall–Kier alpha value is -1.39. The average molecular weight is 313 g/mol. The van der Waals surface area contributed by atoms with Crippen LogP contribution in [0.2, 0.25) is 0 Å². The second-order valence-corrected chi connectivity index (χ2v) is 7.14. The Morgan fingerprint density at radius 1 is 1.09 bits per heavy atom. The number of hydrogen-bond acceptors (Lipinski definition) is 4. The van der Waals surface area contributed by atoms with Gasteiger partial charge in [0.2, 0.25) is 0 Å². The van der Waals surface area contributed by atoms with Gasteiger partial charge in [-0.15, -0.1) is 0 Å². The Kier molecular flexibility index (Phi) is 4.36. The number of rotatable bonds is 4. The summed E-state index contributed by atoms with van der Waals surface area (Å²) >= 11 is 0. The van der Waals surface area contributed by atoms with Crippen LogP contribution in [0.4, 0.5) is 0 Å². The SMILES string of the molecule is CCN1CCC(CN2CCC(c3nc4ccccc4o3)CC2)C1. The fourth-order valence-corrected chi connectivity index (χ4v) is 4.14. The Morgan fingerprint density at radius 2 is 1.87 bits per heavy atom. The molecule has 3 heterocycles. The molecule has 2 saturated heterocycles. The molecule has 4 nitrogen and oxygen atoms in total. The maximum atomic E-state index is 5.97. The molecule has 1 atom stereocenters. The molecule has 2 aliphatic heterocycles. The lowest BCUT2D eigenvalue weighted by atomic mass is 9.95. The number of nitrogens with zero attached hydrogens (tertiary/aromatic N) is 3. The van der Waals surface area contributed by atoms with E-state index in [1.807, 2.05) is 24.3 Å². The van der Waals surface area contributed by atoms with E-state index < -0.39 is 0 Å². The smallest absolute Gasteiger partial charge is 0.198 e. The molecule has 23 heavy (non-hydrogen) atoms. The van der Waals surface area contributed by atoms with Crippen LogP contribution in [0.15, 0.2) is 28.7 Å². The lowest BCUT2D eigenvalue weighted by Crippen LogP contribution is -2.37. The van der Waals surface area contributed by atoms with Gasteiger partial charge in [-0.25, -0.2) is 4.98 Å². The number of oxazole rings is 1. The Balaban J connectivity index is 1.32. The van der Waals surface area contributed by atoms with Gasteiger partial charge in [-0.2, -0.15) is 0 Å². The molecule has 0 aliphatic carbocycles. The molecule has 4 heteroatoms. The zero-order valence-corrected chi connectivity index (χ0v) is 14.1. The summed E-state index contributed by atoms with van der Waals surface area (Å²) in [5, 5.41) is 0. The number of fused-ring (bicyclic) bond motifs is 1. The molecule has 0 amide bonds. The maximum Gasteiger partial charge on any atom is 0.198 e. The van der Waals surface area contributed by atoms with Crippen LogP contribution in [0.1, 0.15) is 38.0 Å². The zero-order valence-electron chi connectivity index (χ0n) is 14.1. The van der Waals surface area contributed by atoms with Crippen LogP contribution in [-0.4, -0.2) is 54.1 Å². The largest absolute Gasteiger partial charge is 0.440 e. The van der Waals surface area contributed by atoms with E-state index in [-0.39, 0.29) is 0 Å². The number of likely N-dealkylation sites (tertiary alicyclic amines) is 2. The van der Waals surface area contributed by atoms with E-state index in [0.717, 1.165) is 22.9 Å². The molecule has 4 rings (SSSR count). The first-order valence-electron chi connectivity index (χ1n) is 9.12. The molecule has 2 fully saturated rings. The topological polar surface area (TPSA) is 32.5 Å². The number of para-hydroxylation sites is 2. The monoisotopic (exact) mass is 313 g/mol. The maximum absolute atomic E-state index is 5.97. The number of aromatic nitrogens is 1. The minimum absolute atomic E-state index is 0.495. The van der Waals surface area contributed by atoms with Crippen LogP contribution in [-0.2, 0) is 0 Å². The van der Waals surface area contributed by atoms with E-state index in [1.165, 1.54) is 58.5 Å². The fourth-order valence-electron chi connectivity index (χ4n) is 4.14. The summed E-state index contributed by atoms with van der Waals surface area (Å²) in [5.74, 6) is 2.31. The van der Waals surface area contributed by atoms with Gasteiger partial charge in [-0.05, 0) is 63.5 Å². The average Bonchev–Trinajstić information content (AvgIpc) is 3.21. The third-order valence-electron chi connectivity index (χ3n) is 5.58. The van der Waals surface area contributed by atoms with Crippen LogP contribution in [0.3, 0.4) is 0 Å². The lowest BCUT2D eigenvalue weighted by molar-refractivity contribution is 0.174. The van der Waals surface area contributed by atoms with Crippen LogP contribution >= 0.6 is 0 Å². The van der Waals surface area contributed by atoms with Gasteiger partial charge in [0.15, 0.2) is 11.5 Å². The molecule has 1 aromatic heterocycles. The van der Waals surface area contributed by atoms with Crippen molar-refractivity contribution < 1.29 is 4.42 Å². The molecular formula is C19H27N3O. The first-order valence-corrected chi connectivity index (χ1v) is 9.12. The van der Waals surface area contributed by atoms with Crippen molar-refractivity contribution in [2.45, 2.75) is 32.1 Å². The highest BCUT2D eigenvalue weighted by molar-refractivity contribution is 5.72. The molecule has 0 bridgehead atoms. The second-order valence-electron chi connectivity index (χ2n) is 7.14. The molecule has 0 spiro atoms. The van der Waals surface area contributed by atoms with Gasteiger partial charge < -0.3 is 14.2 Å². The second kappa shape index (κ2) is 6.62. The van der Waals surface area contributed by atoms with Gasteiger partial charge in [-0.1, -0.05) is 19.1 Å². The molecule has 2 aliphatic rings. The summed E-state index contributed by atoms with van der Waals surface area (Å²) in [6, 6.07) is 8.09. The van der Waals surface area contributed by atoms with E-state index in [2.05, 4.69) is 16.7 Å². The summed E-state index contributed by atoms with van der Waals surface area (Å²) in [6.45, 7) is 9.71. The highest BCUT2D eigenvalue weighted by Crippen LogP contribution is 2.30. The highest BCUT2D eigenvalue weighted by atomic mass is 16.3. The molecule has 1 unspecified atom stereocenters. The van der Waals surface area contributed by atoms with Crippen LogP contribution in [0.25, 0.3) is 11.1 Å². The summed E-state index contributed by atoms with van der Waals surface area (Å²) in [7, 11) is 0. The minimum Gasteiger partial charge on any atom is -0.440 e. The van der Waals surface area contributed by atoms with Crippen molar-refractivity contribution in [3.8, 4) is 0 Å².